The lowest BCUT2D eigenvalue weighted by atomic mass is 10.2. The molecule has 1 aromatic rings. The van der Waals surface area contributed by atoms with Crippen molar-refractivity contribution >= 4 is 17.8 Å². The van der Waals surface area contributed by atoms with Crippen LogP contribution in [0.3, 0.4) is 0 Å². The summed E-state index contributed by atoms with van der Waals surface area (Å²) in [7, 11) is 0. The molecule has 110 valence electrons. The van der Waals surface area contributed by atoms with Gasteiger partial charge in [0.05, 0.1) is 0 Å². The Morgan fingerprint density at radius 3 is 2.55 bits per heavy atom. The van der Waals surface area contributed by atoms with Crippen LogP contribution in [0.5, 0.6) is 0 Å². The third-order valence-electron chi connectivity index (χ3n) is 2.48. The summed E-state index contributed by atoms with van der Waals surface area (Å²) in [5, 5.41) is 8.25. The Bertz CT molecular complexity index is 476. The highest BCUT2D eigenvalue weighted by atomic mass is 16.2. The molecule has 0 aliphatic carbocycles. The van der Waals surface area contributed by atoms with Gasteiger partial charge in [-0.05, 0) is 25.5 Å². The molecular weight excluding hydrogens is 258 g/mol. The van der Waals surface area contributed by atoms with Gasteiger partial charge in [-0.25, -0.2) is 9.78 Å². The smallest absolute Gasteiger partial charge is 0.312 e. The highest BCUT2D eigenvalue weighted by Gasteiger charge is 2.08. The van der Waals surface area contributed by atoms with E-state index in [0.29, 0.717) is 24.5 Å². The van der Waals surface area contributed by atoms with Gasteiger partial charge in [-0.2, -0.15) is 0 Å². The van der Waals surface area contributed by atoms with E-state index in [-0.39, 0.29) is 5.91 Å². The van der Waals surface area contributed by atoms with Gasteiger partial charge in [-0.15, -0.1) is 0 Å². The van der Waals surface area contributed by atoms with Crippen molar-refractivity contribution in [3.05, 3.63) is 23.4 Å². The van der Waals surface area contributed by atoms with E-state index in [1.807, 2.05) is 6.92 Å². The number of amides is 3. The quantitative estimate of drug-likeness (QED) is 0.548. The van der Waals surface area contributed by atoms with Crippen LogP contribution in [0.1, 0.15) is 29.4 Å². The Labute approximate surface area is 118 Å². The minimum Gasteiger partial charge on any atom is -0.370 e. The SMILES string of the molecule is CCCNc1cc(C(=O)NCCNC(N)=O)cc(C)n1. The number of aryl methyl sites for hydroxylation is 1. The van der Waals surface area contributed by atoms with Gasteiger partial charge in [0, 0.05) is 30.9 Å². The first-order valence-corrected chi connectivity index (χ1v) is 6.57. The summed E-state index contributed by atoms with van der Waals surface area (Å²) in [6.07, 6.45) is 0.982. The molecule has 1 aromatic heterocycles. The monoisotopic (exact) mass is 279 g/mol. The number of pyridine rings is 1. The molecule has 0 atom stereocenters. The molecule has 0 saturated heterocycles. The number of primary amides is 1. The summed E-state index contributed by atoms with van der Waals surface area (Å²) in [4.78, 5) is 26.8. The molecule has 7 nitrogen and oxygen atoms in total. The first-order valence-electron chi connectivity index (χ1n) is 6.57. The topological polar surface area (TPSA) is 109 Å². The Balaban J connectivity index is 2.58. The van der Waals surface area contributed by atoms with E-state index in [4.69, 9.17) is 5.73 Å². The second-order valence-electron chi connectivity index (χ2n) is 4.36. The molecule has 0 saturated carbocycles. The molecule has 5 N–H and O–H groups in total. The summed E-state index contributed by atoms with van der Waals surface area (Å²) < 4.78 is 0. The fourth-order valence-corrected chi connectivity index (χ4v) is 1.61. The van der Waals surface area contributed by atoms with Crippen molar-refractivity contribution in [2.24, 2.45) is 5.73 Å². The molecule has 20 heavy (non-hydrogen) atoms. The van der Waals surface area contributed by atoms with E-state index >= 15 is 0 Å². The standard InChI is InChI=1S/C13H21N5O2/c1-3-4-15-11-8-10(7-9(2)18-11)12(19)16-5-6-17-13(14)20/h7-8H,3-6H2,1-2H3,(H,15,18)(H,16,19)(H3,14,17,20). The van der Waals surface area contributed by atoms with Gasteiger partial charge in [0.15, 0.2) is 0 Å². The van der Waals surface area contributed by atoms with E-state index in [0.717, 1.165) is 18.7 Å². The predicted octanol–water partition coefficient (Wildman–Crippen LogP) is 0.610. The van der Waals surface area contributed by atoms with Gasteiger partial charge >= 0.3 is 6.03 Å². The lowest BCUT2D eigenvalue weighted by Crippen LogP contribution is -2.37. The van der Waals surface area contributed by atoms with Crippen LogP contribution >= 0.6 is 0 Å². The van der Waals surface area contributed by atoms with Gasteiger partial charge in [0.2, 0.25) is 0 Å². The summed E-state index contributed by atoms with van der Waals surface area (Å²) in [5.41, 5.74) is 6.23. The number of rotatable bonds is 7. The number of hydrogen-bond acceptors (Lipinski definition) is 4. The number of carbonyl (C=O) groups is 2. The first-order chi connectivity index (χ1) is 9.52. The van der Waals surface area contributed by atoms with Crippen molar-refractivity contribution in [3.63, 3.8) is 0 Å². The Morgan fingerprint density at radius 1 is 1.20 bits per heavy atom. The van der Waals surface area contributed by atoms with Gasteiger partial charge < -0.3 is 21.7 Å². The maximum Gasteiger partial charge on any atom is 0.312 e. The molecule has 1 rings (SSSR count). The van der Waals surface area contributed by atoms with Crippen LogP contribution in [0, 0.1) is 6.92 Å². The zero-order valence-corrected chi connectivity index (χ0v) is 11.8. The molecule has 3 amide bonds. The minimum atomic E-state index is -0.606. The largest absolute Gasteiger partial charge is 0.370 e. The number of aromatic nitrogens is 1. The number of nitrogens with two attached hydrogens (primary N) is 1. The van der Waals surface area contributed by atoms with E-state index < -0.39 is 6.03 Å². The predicted molar refractivity (Wildman–Crippen MR) is 77.7 cm³/mol. The Morgan fingerprint density at radius 2 is 1.90 bits per heavy atom. The van der Waals surface area contributed by atoms with Crippen LogP contribution in [0.25, 0.3) is 0 Å². The molecule has 0 aliphatic rings. The van der Waals surface area contributed by atoms with Crippen LogP contribution in [0.2, 0.25) is 0 Å². The maximum atomic E-state index is 12.0. The number of anilines is 1. The van der Waals surface area contributed by atoms with Crippen LogP contribution in [-0.4, -0.2) is 36.6 Å². The Hall–Kier alpha value is -2.31. The van der Waals surface area contributed by atoms with Crippen molar-refractivity contribution in [1.82, 2.24) is 15.6 Å². The number of urea groups is 1. The van der Waals surface area contributed by atoms with E-state index in [9.17, 15) is 9.59 Å². The van der Waals surface area contributed by atoms with Crippen LogP contribution in [0.15, 0.2) is 12.1 Å². The molecule has 0 fully saturated rings. The van der Waals surface area contributed by atoms with Gasteiger partial charge in [0.1, 0.15) is 5.82 Å². The second-order valence-corrected chi connectivity index (χ2v) is 4.36. The zero-order valence-electron chi connectivity index (χ0n) is 11.8. The third-order valence-corrected chi connectivity index (χ3v) is 2.48. The first kappa shape index (κ1) is 15.7. The molecule has 1 heterocycles. The molecule has 0 aromatic carbocycles. The van der Waals surface area contributed by atoms with Crippen molar-refractivity contribution < 1.29 is 9.59 Å². The molecule has 0 bridgehead atoms. The third kappa shape index (κ3) is 5.55. The van der Waals surface area contributed by atoms with Crippen LogP contribution in [-0.2, 0) is 0 Å². The van der Waals surface area contributed by atoms with Gasteiger partial charge in [-0.3, -0.25) is 4.79 Å². The molecule has 7 heteroatoms. The zero-order chi connectivity index (χ0) is 15.0. The van der Waals surface area contributed by atoms with E-state index in [2.05, 4.69) is 27.9 Å². The molecular formula is C13H21N5O2. The van der Waals surface area contributed by atoms with Crippen LogP contribution < -0.4 is 21.7 Å². The highest BCUT2D eigenvalue weighted by Crippen LogP contribution is 2.10. The van der Waals surface area contributed by atoms with E-state index in [1.54, 1.807) is 12.1 Å². The Kier molecular flexibility index (Phi) is 6.28. The van der Waals surface area contributed by atoms with Crippen LogP contribution in [0.4, 0.5) is 10.6 Å². The average Bonchev–Trinajstić information content (AvgIpc) is 2.40. The molecule has 0 unspecified atom stereocenters. The normalized spacial score (nSPS) is 9.90. The number of nitrogens with one attached hydrogen (secondary N) is 3. The fourth-order valence-electron chi connectivity index (χ4n) is 1.61. The maximum absolute atomic E-state index is 12.0. The van der Waals surface area contributed by atoms with Crippen molar-refractivity contribution in [1.29, 1.82) is 0 Å². The van der Waals surface area contributed by atoms with Crippen molar-refractivity contribution in [2.45, 2.75) is 20.3 Å². The van der Waals surface area contributed by atoms with E-state index in [1.165, 1.54) is 0 Å². The highest BCUT2D eigenvalue weighted by molar-refractivity contribution is 5.95. The molecule has 0 aliphatic heterocycles. The summed E-state index contributed by atoms with van der Waals surface area (Å²) >= 11 is 0. The summed E-state index contributed by atoms with van der Waals surface area (Å²) in [6.45, 7) is 5.32. The van der Waals surface area contributed by atoms with Gasteiger partial charge in [0.25, 0.3) is 5.91 Å². The number of nitrogens with zero attached hydrogens (tertiary/aromatic N) is 1. The molecule has 0 spiro atoms. The minimum absolute atomic E-state index is 0.207. The second kappa shape index (κ2) is 7.98. The summed E-state index contributed by atoms with van der Waals surface area (Å²) in [6, 6.07) is 2.82. The summed E-state index contributed by atoms with van der Waals surface area (Å²) in [5.74, 6) is 0.480. The number of hydrogen-bond donors (Lipinski definition) is 4. The lowest BCUT2D eigenvalue weighted by Gasteiger charge is -2.09. The lowest BCUT2D eigenvalue weighted by molar-refractivity contribution is 0.0953. The molecule has 0 radical (unpaired) electrons. The van der Waals surface area contributed by atoms with Crippen molar-refractivity contribution in [3.8, 4) is 0 Å². The van der Waals surface area contributed by atoms with Crippen molar-refractivity contribution in [2.75, 3.05) is 25.0 Å². The number of carbonyl (C=O) groups excluding carboxylic acids is 2. The fraction of sp³-hybridized carbons (Fsp3) is 0.462. The van der Waals surface area contributed by atoms with Gasteiger partial charge in [-0.1, -0.05) is 6.92 Å². The average molecular weight is 279 g/mol.